The van der Waals surface area contributed by atoms with Gasteiger partial charge in [-0.1, -0.05) is 24.3 Å². The highest BCUT2D eigenvalue weighted by molar-refractivity contribution is 5.89. The fourth-order valence-electron chi connectivity index (χ4n) is 3.68. The predicted octanol–water partition coefficient (Wildman–Crippen LogP) is 4.31. The summed E-state index contributed by atoms with van der Waals surface area (Å²) < 4.78 is 0. The largest absolute Gasteiger partial charge is 0.346 e. The van der Waals surface area contributed by atoms with Crippen molar-refractivity contribution in [1.82, 2.24) is 29.9 Å². The number of aromatic nitrogens is 6. The van der Waals surface area contributed by atoms with Crippen LogP contribution in [0.4, 0.5) is 17.6 Å². The van der Waals surface area contributed by atoms with Crippen LogP contribution in [0.5, 0.6) is 0 Å². The summed E-state index contributed by atoms with van der Waals surface area (Å²) in [6.45, 7) is 4.05. The van der Waals surface area contributed by atoms with Crippen LogP contribution in [0.15, 0.2) is 47.7 Å². The molecule has 0 radical (unpaired) electrons. The summed E-state index contributed by atoms with van der Waals surface area (Å²) >= 11 is 0. The summed E-state index contributed by atoms with van der Waals surface area (Å²) in [6, 6.07) is 10.7. The van der Waals surface area contributed by atoms with Crippen molar-refractivity contribution in [3.05, 3.63) is 53.9 Å². The van der Waals surface area contributed by atoms with Crippen LogP contribution < -0.4 is 5.32 Å². The zero-order valence-corrected chi connectivity index (χ0v) is 16.4. The average molecular weight is 386 g/mol. The van der Waals surface area contributed by atoms with Gasteiger partial charge in [-0.05, 0) is 43.9 Å². The van der Waals surface area contributed by atoms with Crippen LogP contribution in [-0.4, -0.2) is 36.2 Å². The Morgan fingerprint density at radius 3 is 3.00 bits per heavy atom. The summed E-state index contributed by atoms with van der Waals surface area (Å²) in [5.74, 6) is 2.00. The summed E-state index contributed by atoms with van der Waals surface area (Å²) in [4.78, 5) is 18.7. The summed E-state index contributed by atoms with van der Waals surface area (Å²) in [5.41, 5.74) is 3.51. The molecule has 2 N–H and O–H groups in total. The number of H-pyrrole nitrogens is 1. The van der Waals surface area contributed by atoms with Gasteiger partial charge in [-0.15, -0.1) is 5.10 Å². The van der Waals surface area contributed by atoms with E-state index in [1.165, 1.54) is 11.1 Å². The molecular weight excluding hydrogens is 364 g/mol. The van der Waals surface area contributed by atoms with E-state index >= 15 is 0 Å². The van der Waals surface area contributed by atoms with Crippen molar-refractivity contribution in [2.75, 3.05) is 5.32 Å². The average Bonchev–Trinajstić information content (AvgIpc) is 3.45. The Hall–Kier alpha value is -3.55. The second kappa shape index (κ2) is 7.12. The van der Waals surface area contributed by atoms with Crippen molar-refractivity contribution in [2.45, 2.75) is 38.6 Å². The van der Waals surface area contributed by atoms with E-state index in [0.29, 0.717) is 23.5 Å². The quantitative estimate of drug-likeness (QED) is 0.498. The Morgan fingerprint density at radius 1 is 1.24 bits per heavy atom. The predicted molar refractivity (Wildman–Crippen MR) is 113 cm³/mol. The van der Waals surface area contributed by atoms with E-state index in [4.69, 9.17) is 4.99 Å². The number of nitrogens with zero attached hydrogens (tertiary/aromatic N) is 6. The second-order valence-electron chi connectivity index (χ2n) is 7.50. The SMILES string of the molecule is CC(C)n1ncc(Nc2nc(N=CC3CCc4ccccc43)c3cc[nH]c3n2)n1. The number of nitrogens with one attached hydrogen (secondary N) is 2. The van der Waals surface area contributed by atoms with E-state index in [1.54, 1.807) is 11.0 Å². The Balaban J connectivity index is 1.45. The van der Waals surface area contributed by atoms with Crippen molar-refractivity contribution >= 4 is 34.8 Å². The van der Waals surface area contributed by atoms with Crippen molar-refractivity contribution in [3.8, 4) is 0 Å². The molecule has 0 saturated heterocycles. The van der Waals surface area contributed by atoms with Crippen LogP contribution in [-0.2, 0) is 6.42 Å². The molecule has 0 bridgehead atoms. The minimum absolute atomic E-state index is 0.187. The van der Waals surface area contributed by atoms with Gasteiger partial charge in [0.25, 0.3) is 0 Å². The highest BCUT2D eigenvalue weighted by atomic mass is 15.5. The van der Waals surface area contributed by atoms with Gasteiger partial charge in [0.2, 0.25) is 5.95 Å². The van der Waals surface area contributed by atoms with E-state index in [9.17, 15) is 0 Å². The van der Waals surface area contributed by atoms with Crippen molar-refractivity contribution < 1.29 is 0 Å². The van der Waals surface area contributed by atoms with Crippen molar-refractivity contribution in [2.24, 2.45) is 4.99 Å². The number of fused-ring (bicyclic) bond motifs is 2. The van der Waals surface area contributed by atoms with Gasteiger partial charge >= 0.3 is 0 Å². The third-order valence-electron chi connectivity index (χ3n) is 5.16. The molecule has 0 saturated carbocycles. The molecule has 146 valence electrons. The van der Waals surface area contributed by atoms with Gasteiger partial charge in [0.15, 0.2) is 11.6 Å². The molecule has 29 heavy (non-hydrogen) atoms. The van der Waals surface area contributed by atoms with E-state index in [1.807, 2.05) is 32.3 Å². The number of aliphatic imine (C=N–C) groups is 1. The van der Waals surface area contributed by atoms with Gasteiger partial charge in [-0.2, -0.15) is 19.9 Å². The molecule has 0 spiro atoms. The van der Waals surface area contributed by atoms with Crippen molar-refractivity contribution in [3.63, 3.8) is 0 Å². The maximum Gasteiger partial charge on any atom is 0.232 e. The summed E-state index contributed by atoms with van der Waals surface area (Å²) in [7, 11) is 0. The Bertz CT molecular complexity index is 1190. The summed E-state index contributed by atoms with van der Waals surface area (Å²) in [5, 5.41) is 12.7. The van der Waals surface area contributed by atoms with Gasteiger partial charge in [0.1, 0.15) is 5.65 Å². The van der Waals surface area contributed by atoms with Crippen molar-refractivity contribution in [1.29, 1.82) is 0 Å². The number of benzene rings is 1. The monoisotopic (exact) mass is 386 g/mol. The normalized spacial score (nSPS) is 16.2. The molecule has 0 aliphatic heterocycles. The molecule has 1 unspecified atom stereocenters. The lowest BCUT2D eigenvalue weighted by Gasteiger charge is -2.06. The van der Waals surface area contributed by atoms with Crippen LogP contribution in [0.2, 0.25) is 0 Å². The van der Waals surface area contributed by atoms with E-state index in [2.05, 4.69) is 54.7 Å². The lowest BCUT2D eigenvalue weighted by molar-refractivity contribution is 0.467. The zero-order chi connectivity index (χ0) is 19.8. The van der Waals surface area contributed by atoms with Crippen LogP contribution >= 0.6 is 0 Å². The van der Waals surface area contributed by atoms with Crippen LogP contribution in [0.3, 0.4) is 0 Å². The minimum atomic E-state index is 0.187. The second-order valence-corrected chi connectivity index (χ2v) is 7.50. The first kappa shape index (κ1) is 17.5. The van der Waals surface area contributed by atoms with E-state index in [-0.39, 0.29) is 6.04 Å². The third kappa shape index (κ3) is 3.37. The molecule has 8 heteroatoms. The summed E-state index contributed by atoms with van der Waals surface area (Å²) in [6.07, 6.45) is 7.70. The topological polar surface area (TPSA) is 96.7 Å². The Kier molecular flexibility index (Phi) is 4.31. The number of rotatable bonds is 5. The Morgan fingerprint density at radius 2 is 2.14 bits per heavy atom. The minimum Gasteiger partial charge on any atom is -0.346 e. The highest BCUT2D eigenvalue weighted by Crippen LogP contribution is 2.32. The molecule has 0 fully saturated rings. The molecule has 8 nitrogen and oxygen atoms in total. The van der Waals surface area contributed by atoms with Gasteiger partial charge in [-0.3, -0.25) is 0 Å². The Labute approximate surface area is 168 Å². The smallest absolute Gasteiger partial charge is 0.232 e. The molecule has 4 aromatic rings. The number of hydrogen-bond acceptors (Lipinski definition) is 6. The molecular formula is C21H22N8. The number of aromatic amines is 1. The maximum atomic E-state index is 4.75. The van der Waals surface area contributed by atoms with Gasteiger partial charge in [0.05, 0.1) is 17.6 Å². The van der Waals surface area contributed by atoms with Gasteiger partial charge in [-0.25, -0.2) is 4.99 Å². The van der Waals surface area contributed by atoms with Crippen LogP contribution in [0.25, 0.3) is 11.0 Å². The third-order valence-corrected chi connectivity index (χ3v) is 5.16. The molecule has 3 aromatic heterocycles. The first-order chi connectivity index (χ1) is 14.2. The van der Waals surface area contributed by atoms with E-state index in [0.717, 1.165) is 23.9 Å². The first-order valence-corrected chi connectivity index (χ1v) is 9.83. The molecule has 5 rings (SSSR count). The van der Waals surface area contributed by atoms with E-state index < -0.39 is 0 Å². The fourth-order valence-corrected chi connectivity index (χ4v) is 3.68. The zero-order valence-electron chi connectivity index (χ0n) is 16.4. The maximum absolute atomic E-state index is 4.75. The molecule has 1 atom stereocenters. The highest BCUT2D eigenvalue weighted by Gasteiger charge is 2.20. The van der Waals surface area contributed by atoms with Gasteiger partial charge in [0, 0.05) is 18.3 Å². The standard InChI is InChI=1S/C21H22N8/c1-13(2)29-24-12-18(28-29)25-21-26-19-17(9-10-22-19)20(27-21)23-11-15-8-7-14-5-3-4-6-16(14)15/h3-6,9-13,15H,7-8H2,1-2H3,(H2,22,25,26,27,28). The number of anilines is 2. The number of hydrogen-bond donors (Lipinski definition) is 2. The van der Waals surface area contributed by atoms with Gasteiger partial charge < -0.3 is 10.3 Å². The molecule has 1 aliphatic rings. The van der Waals surface area contributed by atoms with Crippen LogP contribution in [0.1, 0.15) is 43.4 Å². The molecule has 1 aromatic carbocycles. The first-order valence-electron chi connectivity index (χ1n) is 9.83. The fraction of sp³-hybridized carbons (Fsp3) is 0.286. The lowest BCUT2D eigenvalue weighted by atomic mass is 10.0. The van der Waals surface area contributed by atoms with Crippen LogP contribution in [0, 0.1) is 0 Å². The lowest BCUT2D eigenvalue weighted by Crippen LogP contribution is -2.05. The number of aryl methyl sites for hydroxylation is 1. The molecule has 1 aliphatic carbocycles. The molecule has 3 heterocycles. The molecule has 0 amide bonds.